The number of hydrogen-bond donors (Lipinski definition) is 1. The topological polar surface area (TPSA) is 47.6 Å². The summed E-state index contributed by atoms with van der Waals surface area (Å²) in [5.41, 5.74) is 2.94. The van der Waals surface area contributed by atoms with Gasteiger partial charge in [-0.1, -0.05) is 65.1 Å². The average molecular weight is 453 g/mol. The van der Waals surface area contributed by atoms with Gasteiger partial charge in [-0.05, 0) is 29.7 Å². The molecule has 0 fully saturated rings. The molecular formula is C20H24INO3. The van der Waals surface area contributed by atoms with Gasteiger partial charge in [0.15, 0.2) is 0 Å². The second-order valence-electron chi connectivity index (χ2n) is 5.79. The molecule has 0 bridgehead atoms. The first-order valence-electron chi connectivity index (χ1n) is 8.22. The molecule has 2 aromatic carbocycles. The largest absolute Gasteiger partial charge is 0.465 e. The quantitative estimate of drug-likeness (QED) is 0.357. The highest BCUT2D eigenvalue weighted by Crippen LogP contribution is 2.16. The molecule has 2 rings (SSSR count). The van der Waals surface area contributed by atoms with E-state index in [0.717, 1.165) is 17.4 Å². The van der Waals surface area contributed by atoms with Crippen LogP contribution in [0.1, 0.15) is 27.6 Å². The fourth-order valence-corrected chi connectivity index (χ4v) is 3.26. The molecular weight excluding hydrogens is 429 g/mol. The molecule has 134 valence electrons. The van der Waals surface area contributed by atoms with Gasteiger partial charge in [-0.2, -0.15) is 0 Å². The Bertz CT molecular complexity index is 646. The number of alkyl halides is 1. The van der Waals surface area contributed by atoms with Crippen LogP contribution in [0, 0.1) is 0 Å². The number of halogens is 1. The van der Waals surface area contributed by atoms with Crippen molar-refractivity contribution in [2.75, 3.05) is 25.2 Å². The Kier molecular flexibility index (Phi) is 8.37. The lowest BCUT2D eigenvalue weighted by Crippen LogP contribution is -2.36. The number of methoxy groups -OCH3 is 2. The maximum absolute atomic E-state index is 11.5. The molecule has 0 aliphatic heterocycles. The molecule has 0 aliphatic rings. The van der Waals surface area contributed by atoms with Gasteiger partial charge in [-0.3, -0.25) is 0 Å². The normalized spacial score (nSPS) is 13.2. The molecule has 2 atom stereocenters. The van der Waals surface area contributed by atoms with E-state index in [4.69, 9.17) is 9.47 Å². The molecule has 0 aliphatic carbocycles. The molecule has 0 saturated carbocycles. The third kappa shape index (κ3) is 6.09. The Balaban J connectivity index is 1.92. The summed E-state index contributed by atoms with van der Waals surface area (Å²) in [6, 6.07) is 18.2. The Morgan fingerprint density at radius 1 is 1.08 bits per heavy atom. The summed E-state index contributed by atoms with van der Waals surface area (Å²) in [5, 5.41) is 3.59. The monoisotopic (exact) mass is 453 g/mol. The number of carbonyl (C=O) groups is 1. The van der Waals surface area contributed by atoms with Gasteiger partial charge in [0, 0.05) is 24.1 Å². The predicted octanol–water partition coefficient (Wildman–Crippen LogP) is 3.80. The summed E-state index contributed by atoms with van der Waals surface area (Å²) in [6.45, 7) is 0.758. The molecule has 25 heavy (non-hydrogen) atoms. The van der Waals surface area contributed by atoms with Crippen molar-refractivity contribution in [2.24, 2.45) is 0 Å². The SMILES string of the molecule is COC(=O)c1ccc(CC(CI)NCC(OC)c2ccccc2)cc1. The average Bonchev–Trinajstić information content (AvgIpc) is 2.68. The molecule has 0 radical (unpaired) electrons. The van der Waals surface area contributed by atoms with E-state index in [0.29, 0.717) is 11.6 Å². The first-order valence-corrected chi connectivity index (χ1v) is 9.74. The lowest BCUT2D eigenvalue weighted by atomic mass is 10.0. The van der Waals surface area contributed by atoms with Crippen molar-refractivity contribution in [1.29, 1.82) is 0 Å². The number of hydrogen-bond acceptors (Lipinski definition) is 4. The van der Waals surface area contributed by atoms with Crippen molar-refractivity contribution in [3.63, 3.8) is 0 Å². The molecule has 0 saturated heterocycles. The number of nitrogens with one attached hydrogen (secondary N) is 1. The van der Waals surface area contributed by atoms with E-state index in [9.17, 15) is 4.79 Å². The van der Waals surface area contributed by atoms with Gasteiger partial charge in [0.05, 0.1) is 18.8 Å². The maximum atomic E-state index is 11.5. The van der Waals surface area contributed by atoms with Crippen molar-refractivity contribution in [2.45, 2.75) is 18.6 Å². The minimum atomic E-state index is -0.305. The molecule has 0 spiro atoms. The van der Waals surface area contributed by atoms with Gasteiger partial charge < -0.3 is 14.8 Å². The Labute approximate surface area is 163 Å². The van der Waals surface area contributed by atoms with Crippen molar-refractivity contribution >= 4 is 28.6 Å². The highest BCUT2D eigenvalue weighted by atomic mass is 127. The van der Waals surface area contributed by atoms with Crippen molar-refractivity contribution in [3.05, 3.63) is 71.3 Å². The molecule has 4 nitrogen and oxygen atoms in total. The minimum absolute atomic E-state index is 0.0355. The Hall–Kier alpha value is -1.44. The smallest absolute Gasteiger partial charge is 0.337 e. The van der Waals surface area contributed by atoms with E-state index < -0.39 is 0 Å². The molecule has 2 aromatic rings. The van der Waals surface area contributed by atoms with Crippen LogP contribution in [0.5, 0.6) is 0 Å². The first kappa shape index (κ1) is 19.9. The summed E-state index contributed by atoms with van der Waals surface area (Å²) in [5.74, 6) is -0.305. The van der Waals surface area contributed by atoms with Crippen LogP contribution >= 0.6 is 22.6 Å². The van der Waals surface area contributed by atoms with E-state index in [2.05, 4.69) is 40.0 Å². The Morgan fingerprint density at radius 3 is 2.32 bits per heavy atom. The van der Waals surface area contributed by atoms with Crippen LogP contribution in [-0.2, 0) is 15.9 Å². The van der Waals surface area contributed by atoms with Gasteiger partial charge in [-0.15, -0.1) is 0 Å². The molecule has 0 heterocycles. The molecule has 5 heteroatoms. The molecule has 0 aromatic heterocycles. The number of ether oxygens (including phenoxy) is 2. The van der Waals surface area contributed by atoms with Crippen LogP contribution in [0.15, 0.2) is 54.6 Å². The van der Waals surface area contributed by atoms with E-state index in [-0.39, 0.29) is 12.1 Å². The first-order chi connectivity index (χ1) is 12.2. The molecule has 0 amide bonds. The zero-order valence-corrected chi connectivity index (χ0v) is 16.7. The summed E-state index contributed by atoms with van der Waals surface area (Å²) in [4.78, 5) is 11.5. The zero-order chi connectivity index (χ0) is 18.1. The van der Waals surface area contributed by atoms with Gasteiger partial charge >= 0.3 is 5.97 Å². The van der Waals surface area contributed by atoms with Crippen LogP contribution in [0.4, 0.5) is 0 Å². The minimum Gasteiger partial charge on any atom is -0.465 e. The highest BCUT2D eigenvalue weighted by molar-refractivity contribution is 14.1. The number of rotatable bonds is 9. The summed E-state index contributed by atoms with van der Waals surface area (Å²) in [7, 11) is 3.13. The lowest BCUT2D eigenvalue weighted by molar-refractivity contribution is 0.0600. The van der Waals surface area contributed by atoms with E-state index >= 15 is 0 Å². The van der Waals surface area contributed by atoms with E-state index in [1.165, 1.54) is 18.2 Å². The third-order valence-corrected chi connectivity index (χ3v) is 5.15. The Morgan fingerprint density at radius 2 is 1.76 bits per heavy atom. The van der Waals surface area contributed by atoms with Crippen molar-refractivity contribution < 1.29 is 14.3 Å². The fraction of sp³-hybridized carbons (Fsp3) is 0.350. The second-order valence-corrected chi connectivity index (χ2v) is 6.67. The summed E-state index contributed by atoms with van der Waals surface area (Å²) >= 11 is 2.40. The predicted molar refractivity (Wildman–Crippen MR) is 108 cm³/mol. The number of carbonyl (C=O) groups excluding carboxylic acids is 1. The lowest BCUT2D eigenvalue weighted by Gasteiger charge is -2.21. The van der Waals surface area contributed by atoms with Gasteiger partial charge in [0.2, 0.25) is 0 Å². The van der Waals surface area contributed by atoms with E-state index in [1.54, 1.807) is 7.11 Å². The second kappa shape index (κ2) is 10.5. The van der Waals surface area contributed by atoms with Gasteiger partial charge in [-0.25, -0.2) is 4.79 Å². The van der Waals surface area contributed by atoms with Crippen LogP contribution < -0.4 is 5.32 Å². The van der Waals surface area contributed by atoms with Gasteiger partial charge in [0.25, 0.3) is 0 Å². The number of benzene rings is 2. The standard InChI is InChI=1S/C20H24INO3/c1-24-19(16-6-4-3-5-7-16)14-22-18(13-21)12-15-8-10-17(11-9-15)20(23)25-2/h3-11,18-19,22H,12-14H2,1-2H3. The summed E-state index contributed by atoms with van der Waals surface area (Å²) < 4.78 is 11.3. The van der Waals surface area contributed by atoms with Crippen molar-refractivity contribution in [1.82, 2.24) is 5.32 Å². The van der Waals surface area contributed by atoms with Gasteiger partial charge in [0.1, 0.15) is 0 Å². The fourth-order valence-electron chi connectivity index (χ4n) is 2.64. The van der Waals surface area contributed by atoms with Crippen LogP contribution in [-0.4, -0.2) is 37.2 Å². The zero-order valence-electron chi connectivity index (χ0n) is 14.6. The van der Waals surface area contributed by atoms with Crippen LogP contribution in [0.2, 0.25) is 0 Å². The highest BCUT2D eigenvalue weighted by Gasteiger charge is 2.14. The molecule has 2 unspecified atom stereocenters. The third-order valence-electron chi connectivity index (χ3n) is 4.09. The number of esters is 1. The van der Waals surface area contributed by atoms with Crippen molar-refractivity contribution in [3.8, 4) is 0 Å². The van der Waals surface area contributed by atoms with Crippen LogP contribution in [0.3, 0.4) is 0 Å². The molecule has 1 N–H and O–H groups in total. The summed E-state index contributed by atoms with van der Waals surface area (Å²) in [6.07, 6.45) is 0.934. The maximum Gasteiger partial charge on any atom is 0.337 e. The van der Waals surface area contributed by atoms with E-state index in [1.807, 2.05) is 42.5 Å². The van der Waals surface area contributed by atoms with Crippen LogP contribution in [0.25, 0.3) is 0 Å².